The molecule has 2 N–H and O–H groups in total. The van der Waals surface area contributed by atoms with Crippen LogP contribution in [0, 0.1) is 12.8 Å². The molecule has 1 aliphatic rings. The summed E-state index contributed by atoms with van der Waals surface area (Å²) in [4.78, 5) is 19.1. The van der Waals surface area contributed by atoms with E-state index < -0.39 is 32.2 Å². The summed E-state index contributed by atoms with van der Waals surface area (Å²) in [6.07, 6.45) is 1.95. The molecule has 0 saturated heterocycles. The molecule has 3 atom stereocenters. The molecule has 2 heterocycles. The van der Waals surface area contributed by atoms with Crippen LogP contribution in [0.4, 0.5) is 5.69 Å². The molecule has 0 bridgehead atoms. The van der Waals surface area contributed by atoms with Crippen LogP contribution in [0.5, 0.6) is 5.75 Å². The number of ether oxygens (including phenoxy) is 1. The zero-order chi connectivity index (χ0) is 30.8. The monoisotopic (exact) mass is 619 g/mol. The van der Waals surface area contributed by atoms with Crippen molar-refractivity contribution in [3.05, 3.63) is 66.1 Å². The molecule has 0 aliphatic carbocycles. The summed E-state index contributed by atoms with van der Waals surface area (Å²) in [6.45, 7) is 5.41. The molecule has 1 amide bonds. The number of amides is 1. The number of aryl methyl sites for hydroxylation is 2. The van der Waals surface area contributed by atoms with E-state index in [0.717, 1.165) is 5.56 Å². The SMILES string of the molecule is Cc1ccc(S(=O)(=O)N(C)C[C@@H]2Oc3ccc(NS(=O)(=O)c4cn(C)cn4)cc3CC(=O)N([C@H](C)CO)C[C@H]2C)cc1. The predicted molar refractivity (Wildman–Crippen MR) is 157 cm³/mol. The van der Waals surface area contributed by atoms with Crippen LogP contribution in [0.2, 0.25) is 0 Å². The largest absolute Gasteiger partial charge is 0.488 e. The Morgan fingerprint density at radius 3 is 2.48 bits per heavy atom. The average Bonchev–Trinajstić information content (AvgIpc) is 3.40. The first-order valence-electron chi connectivity index (χ1n) is 13.4. The Bertz CT molecular complexity index is 1640. The maximum absolute atomic E-state index is 13.5. The van der Waals surface area contributed by atoms with Crippen molar-refractivity contribution in [1.82, 2.24) is 18.8 Å². The Kier molecular flexibility index (Phi) is 9.30. The van der Waals surface area contributed by atoms with Crippen molar-refractivity contribution in [3.8, 4) is 5.75 Å². The highest BCUT2D eigenvalue weighted by molar-refractivity contribution is 7.92. The number of likely N-dealkylation sites (N-methyl/N-ethyl adjacent to an activating group) is 1. The molecular formula is C28H37N5O7S2. The zero-order valence-corrected chi connectivity index (χ0v) is 25.9. The minimum atomic E-state index is -3.99. The fourth-order valence-electron chi connectivity index (χ4n) is 4.69. The molecule has 0 spiro atoms. The van der Waals surface area contributed by atoms with Crippen LogP contribution in [-0.4, -0.2) is 85.5 Å². The summed E-state index contributed by atoms with van der Waals surface area (Å²) in [5.74, 6) is -0.271. The van der Waals surface area contributed by atoms with Crippen LogP contribution >= 0.6 is 0 Å². The van der Waals surface area contributed by atoms with Gasteiger partial charge in [0.15, 0.2) is 5.03 Å². The Hall–Kier alpha value is -3.46. The number of imidazole rings is 1. The Labute approximate surface area is 247 Å². The molecule has 0 fully saturated rings. The van der Waals surface area contributed by atoms with Gasteiger partial charge in [-0.3, -0.25) is 9.52 Å². The summed E-state index contributed by atoms with van der Waals surface area (Å²) in [5, 5.41) is 9.71. The molecule has 3 aromatic rings. The summed E-state index contributed by atoms with van der Waals surface area (Å²) in [6, 6.07) is 10.7. The number of rotatable bonds is 9. The van der Waals surface area contributed by atoms with Crippen molar-refractivity contribution in [3.63, 3.8) is 0 Å². The lowest BCUT2D eigenvalue weighted by Gasteiger charge is -2.33. The van der Waals surface area contributed by atoms with Gasteiger partial charge in [0.2, 0.25) is 15.9 Å². The number of aromatic nitrogens is 2. The third-order valence-electron chi connectivity index (χ3n) is 7.29. The van der Waals surface area contributed by atoms with Crippen molar-refractivity contribution in [2.75, 3.05) is 31.5 Å². The molecule has 1 aromatic heterocycles. The zero-order valence-electron chi connectivity index (χ0n) is 24.3. The maximum atomic E-state index is 13.5. The lowest BCUT2D eigenvalue weighted by atomic mass is 10.0. The van der Waals surface area contributed by atoms with Gasteiger partial charge in [-0.25, -0.2) is 13.4 Å². The second kappa shape index (κ2) is 12.4. The number of aliphatic hydroxyl groups is 1. The summed E-state index contributed by atoms with van der Waals surface area (Å²) < 4.78 is 64.1. The van der Waals surface area contributed by atoms with Crippen molar-refractivity contribution in [2.45, 2.75) is 49.3 Å². The third-order valence-corrected chi connectivity index (χ3v) is 10.4. The van der Waals surface area contributed by atoms with E-state index in [2.05, 4.69) is 9.71 Å². The van der Waals surface area contributed by atoms with Gasteiger partial charge < -0.3 is 19.3 Å². The van der Waals surface area contributed by atoms with Gasteiger partial charge in [0, 0.05) is 44.0 Å². The molecule has 1 aliphatic heterocycles. The molecule has 12 nitrogen and oxygen atoms in total. The van der Waals surface area contributed by atoms with Gasteiger partial charge in [0.25, 0.3) is 10.0 Å². The molecule has 2 aromatic carbocycles. The first-order valence-corrected chi connectivity index (χ1v) is 16.4. The van der Waals surface area contributed by atoms with Crippen LogP contribution in [0.3, 0.4) is 0 Å². The average molecular weight is 620 g/mol. The van der Waals surface area contributed by atoms with E-state index in [1.807, 2.05) is 13.8 Å². The van der Waals surface area contributed by atoms with Gasteiger partial charge in [0.1, 0.15) is 11.9 Å². The number of hydrogen-bond acceptors (Lipinski definition) is 8. The normalized spacial score (nSPS) is 18.9. The molecule has 228 valence electrons. The molecule has 4 rings (SSSR count). The fraction of sp³-hybridized carbons (Fsp3) is 0.429. The van der Waals surface area contributed by atoms with Crippen molar-refractivity contribution in [1.29, 1.82) is 0 Å². The van der Waals surface area contributed by atoms with Gasteiger partial charge in [-0.15, -0.1) is 0 Å². The molecule has 0 saturated carbocycles. The molecule has 0 radical (unpaired) electrons. The lowest BCUT2D eigenvalue weighted by molar-refractivity contribution is -0.134. The molecule has 14 heteroatoms. The number of nitrogens with one attached hydrogen (secondary N) is 1. The highest BCUT2D eigenvalue weighted by Crippen LogP contribution is 2.30. The van der Waals surface area contributed by atoms with Crippen molar-refractivity contribution < 1.29 is 31.5 Å². The number of benzene rings is 2. The van der Waals surface area contributed by atoms with Gasteiger partial charge >= 0.3 is 0 Å². The standard InChI is InChI=1S/C28H37N5O7S2/c1-19-6-9-24(10-7-19)42(38,39)32(5)15-26-20(2)14-33(21(3)17-34)28(35)13-22-12-23(8-11-25(22)40-26)30-41(36,37)27-16-31(4)18-29-27/h6-12,16,18,20-21,26,30,34H,13-15,17H2,1-5H3/t20-,21-,26+/m1/s1. The predicted octanol–water partition coefficient (Wildman–Crippen LogP) is 2.00. The minimum absolute atomic E-state index is 0.0135. The second-order valence-electron chi connectivity index (χ2n) is 10.8. The first-order chi connectivity index (χ1) is 19.7. The minimum Gasteiger partial charge on any atom is -0.488 e. The Balaban J connectivity index is 1.68. The number of anilines is 1. The number of fused-ring (bicyclic) bond motifs is 1. The fourth-order valence-corrected chi connectivity index (χ4v) is 6.90. The highest BCUT2D eigenvalue weighted by atomic mass is 32.2. The van der Waals surface area contributed by atoms with Gasteiger partial charge in [0.05, 0.1) is 36.8 Å². The quantitative estimate of drug-likeness (QED) is 0.369. The second-order valence-corrected chi connectivity index (χ2v) is 14.5. The van der Waals surface area contributed by atoms with Crippen LogP contribution in [0.25, 0.3) is 0 Å². The Morgan fingerprint density at radius 2 is 1.86 bits per heavy atom. The number of carbonyl (C=O) groups is 1. The molecular weight excluding hydrogens is 582 g/mol. The number of nitrogens with zero attached hydrogens (tertiary/aromatic N) is 4. The van der Waals surface area contributed by atoms with Gasteiger partial charge in [-0.2, -0.15) is 12.7 Å². The summed E-state index contributed by atoms with van der Waals surface area (Å²) in [5.41, 5.74) is 1.56. The number of aliphatic hydroxyl groups excluding tert-OH is 1. The Morgan fingerprint density at radius 1 is 1.17 bits per heavy atom. The van der Waals surface area contributed by atoms with E-state index in [9.17, 15) is 26.7 Å². The van der Waals surface area contributed by atoms with Crippen LogP contribution < -0.4 is 9.46 Å². The van der Waals surface area contributed by atoms with Gasteiger partial charge in [-0.05, 0) is 44.2 Å². The highest BCUT2D eigenvalue weighted by Gasteiger charge is 2.33. The first kappa shape index (κ1) is 31.5. The van der Waals surface area contributed by atoms with E-state index in [-0.39, 0.29) is 53.6 Å². The maximum Gasteiger partial charge on any atom is 0.280 e. The number of sulfonamides is 2. The van der Waals surface area contributed by atoms with Crippen LogP contribution in [0.15, 0.2) is 64.9 Å². The van der Waals surface area contributed by atoms with E-state index in [1.165, 1.54) is 40.6 Å². The van der Waals surface area contributed by atoms with Crippen LogP contribution in [0.1, 0.15) is 25.0 Å². The van der Waals surface area contributed by atoms with Crippen molar-refractivity contribution >= 4 is 31.6 Å². The lowest BCUT2D eigenvalue weighted by Crippen LogP contribution is -2.48. The van der Waals surface area contributed by atoms with Crippen LogP contribution in [-0.2, 0) is 38.3 Å². The van der Waals surface area contributed by atoms with E-state index in [0.29, 0.717) is 11.3 Å². The summed E-state index contributed by atoms with van der Waals surface area (Å²) in [7, 11) is -4.69. The van der Waals surface area contributed by atoms with E-state index in [1.54, 1.807) is 49.2 Å². The number of hydrogen-bond donors (Lipinski definition) is 2. The topological polar surface area (TPSA) is 151 Å². The third kappa shape index (κ3) is 6.94. The van der Waals surface area contributed by atoms with Crippen molar-refractivity contribution in [2.24, 2.45) is 13.0 Å². The number of carbonyl (C=O) groups excluding carboxylic acids is 1. The molecule has 0 unspecified atom stereocenters. The summed E-state index contributed by atoms with van der Waals surface area (Å²) >= 11 is 0. The van der Waals surface area contributed by atoms with E-state index in [4.69, 9.17) is 4.74 Å². The van der Waals surface area contributed by atoms with E-state index >= 15 is 0 Å². The smallest absolute Gasteiger partial charge is 0.280 e. The van der Waals surface area contributed by atoms with Gasteiger partial charge in [-0.1, -0.05) is 24.6 Å². The molecule has 42 heavy (non-hydrogen) atoms.